The molecule has 0 aliphatic carbocycles. The lowest BCUT2D eigenvalue weighted by Gasteiger charge is -2.09. The first kappa shape index (κ1) is 13.5. The zero-order valence-electron chi connectivity index (χ0n) is 12.4. The second-order valence-corrected chi connectivity index (χ2v) is 5.61. The molecule has 2 heteroatoms. The first-order valence-electron chi connectivity index (χ1n) is 7.48. The fourth-order valence-electron chi connectivity index (χ4n) is 3.01. The van der Waals surface area contributed by atoms with Crippen LogP contribution >= 0.6 is 0 Å². The van der Waals surface area contributed by atoms with Gasteiger partial charge in [-0.2, -0.15) is 0 Å². The molecule has 0 saturated heterocycles. The number of carboxylic acids is 1. The third-order valence-electron chi connectivity index (χ3n) is 4.19. The summed E-state index contributed by atoms with van der Waals surface area (Å²) in [5.74, 6) is -0.902. The number of carboxylic acid groups (broad SMARTS) is 1. The van der Waals surface area contributed by atoms with Gasteiger partial charge in [-0.1, -0.05) is 54.6 Å². The summed E-state index contributed by atoms with van der Waals surface area (Å²) >= 11 is 0. The Balaban J connectivity index is 1.95. The van der Waals surface area contributed by atoms with Crippen molar-refractivity contribution in [3.63, 3.8) is 0 Å². The highest BCUT2D eigenvalue weighted by Gasteiger charge is 2.07. The number of carbonyl (C=O) groups is 1. The van der Waals surface area contributed by atoms with E-state index in [0.29, 0.717) is 5.56 Å². The molecular weight excluding hydrogens is 284 g/mol. The van der Waals surface area contributed by atoms with E-state index in [1.165, 1.54) is 21.5 Å². The molecule has 0 radical (unpaired) electrons. The highest BCUT2D eigenvalue weighted by Crippen LogP contribution is 2.31. The van der Waals surface area contributed by atoms with Crippen molar-refractivity contribution in [3.8, 4) is 11.1 Å². The van der Waals surface area contributed by atoms with Crippen LogP contribution in [-0.2, 0) is 0 Å². The Morgan fingerprint density at radius 1 is 0.696 bits per heavy atom. The number of hydrogen-bond donors (Lipinski definition) is 1. The van der Waals surface area contributed by atoms with E-state index in [-0.39, 0.29) is 0 Å². The van der Waals surface area contributed by atoms with E-state index < -0.39 is 5.97 Å². The van der Waals surface area contributed by atoms with Gasteiger partial charge < -0.3 is 5.11 Å². The van der Waals surface area contributed by atoms with E-state index in [1.807, 2.05) is 30.3 Å². The first-order chi connectivity index (χ1) is 11.2. The van der Waals surface area contributed by atoms with Crippen molar-refractivity contribution in [3.05, 3.63) is 84.4 Å². The van der Waals surface area contributed by atoms with Gasteiger partial charge in [0.15, 0.2) is 0 Å². The van der Waals surface area contributed by atoms with Crippen molar-refractivity contribution in [1.82, 2.24) is 0 Å². The zero-order chi connectivity index (χ0) is 15.8. The predicted octanol–water partition coefficient (Wildman–Crippen LogP) is 5.36. The predicted molar refractivity (Wildman–Crippen MR) is 93.8 cm³/mol. The molecule has 0 aliphatic heterocycles. The number of benzene rings is 4. The minimum atomic E-state index is -0.902. The van der Waals surface area contributed by atoms with Gasteiger partial charge in [0, 0.05) is 0 Å². The highest BCUT2D eigenvalue weighted by molar-refractivity contribution is 6.05. The molecular formula is C21H14O2. The van der Waals surface area contributed by atoms with E-state index in [9.17, 15) is 4.79 Å². The summed E-state index contributed by atoms with van der Waals surface area (Å²) < 4.78 is 0. The number of aromatic carboxylic acids is 1. The Morgan fingerprint density at radius 3 is 2.04 bits per heavy atom. The lowest BCUT2D eigenvalue weighted by atomic mass is 9.95. The van der Waals surface area contributed by atoms with Crippen molar-refractivity contribution in [1.29, 1.82) is 0 Å². The summed E-state index contributed by atoms with van der Waals surface area (Å²) in [5.41, 5.74) is 2.44. The molecule has 0 aliphatic rings. The van der Waals surface area contributed by atoms with Gasteiger partial charge in [-0.25, -0.2) is 4.79 Å². The van der Waals surface area contributed by atoms with Gasteiger partial charge in [0.2, 0.25) is 0 Å². The minimum Gasteiger partial charge on any atom is -0.478 e. The molecule has 2 nitrogen and oxygen atoms in total. The summed E-state index contributed by atoms with van der Waals surface area (Å²) in [6.07, 6.45) is 0. The molecule has 0 amide bonds. The van der Waals surface area contributed by atoms with Gasteiger partial charge >= 0.3 is 5.97 Å². The number of hydrogen-bond acceptors (Lipinski definition) is 1. The Labute approximate surface area is 133 Å². The van der Waals surface area contributed by atoms with Crippen LogP contribution in [0.3, 0.4) is 0 Å². The van der Waals surface area contributed by atoms with Crippen LogP contribution in [0.25, 0.3) is 32.7 Å². The van der Waals surface area contributed by atoms with E-state index in [0.717, 1.165) is 11.1 Å². The normalized spacial score (nSPS) is 11.0. The average molecular weight is 298 g/mol. The topological polar surface area (TPSA) is 37.3 Å². The zero-order valence-corrected chi connectivity index (χ0v) is 12.4. The van der Waals surface area contributed by atoms with E-state index in [4.69, 9.17) is 5.11 Å². The van der Waals surface area contributed by atoms with Gasteiger partial charge in [-0.3, -0.25) is 0 Å². The largest absolute Gasteiger partial charge is 0.478 e. The van der Waals surface area contributed by atoms with Gasteiger partial charge in [0.1, 0.15) is 0 Å². The molecule has 0 bridgehead atoms. The fraction of sp³-hybridized carbons (Fsp3) is 0. The fourth-order valence-corrected chi connectivity index (χ4v) is 3.01. The quantitative estimate of drug-likeness (QED) is 0.506. The maximum absolute atomic E-state index is 11.0. The van der Waals surface area contributed by atoms with Crippen LogP contribution in [0, 0.1) is 0 Å². The second-order valence-electron chi connectivity index (χ2n) is 5.61. The lowest BCUT2D eigenvalue weighted by molar-refractivity contribution is 0.0697. The lowest BCUT2D eigenvalue weighted by Crippen LogP contribution is -1.95. The van der Waals surface area contributed by atoms with Crippen molar-refractivity contribution < 1.29 is 9.90 Å². The molecule has 0 unspecified atom stereocenters. The van der Waals surface area contributed by atoms with Crippen LogP contribution in [0.4, 0.5) is 0 Å². The molecule has 4 rings (SSSR count). The van der Waals surface area contributed by atoms with Crippen LogP contribution in [0.1, 0.15) is 10.4 Å². The smallest absolute Gasteiger partial charge is 0.335 e. The van der Waals surface area contributed by atoms with Gasteiger partial charge in [0.05, 0.1) is 5.56 Å². The third-order valence-corrected chi connectivity index (χ3v) is 4.19. The van der Waals surface area contributed by atoms with Crippen molar-refractivity contribution in [2.75, 3.05) is 0 Å². The van der Waals surface area contributed by atoms with Crippen LogP contribution in [0.5, 0.6) is 0 Å². The monoisotopic (exact) mass is 298 g/mol. The Morgan fingerprint density at radius 2 is 1.35 bits per heavy atom. The van der Waals surface area contributed by atoms with Crippen molar-refractivity contribution in [2.45, 2.75) is 0 Å². The molecule has 4 aromatic rings. The maximum Gasteiger partial charge on any atom is 0.335 e. The minimum absolute atomic E-state index is 0.305. The SMILES string of the molecule is O=C(O)c1ccc(-c2cccc3cc4ccccc4cc23)cc1. The summed E-state index contributed by atoms with van der Waals surface area (Å²) in [6.45, 7) is 0. The molecule has 0 fully saturated rings. The summed E-state index contributed by atoms with van der Waals surface area (Å²) in [4.78, 5) is 11.0. The molecule has 0 atom stereocenters. The molecule has 1 N–H and O–H groups in total. The molecule has 0 saturated carbocycles. The molecule has 0 aromatic heterocycles. The summed E-state index contributed by atoms with van der Waals surface area (Å²) in [6, 6.07) is 26.0. The van der Waals surface area contributed by atoms with Gasteiger partial charge in [-0.15, -0.1) is 0 Å². The summed E-state index contributed by atoms with van der Waals surface area (Å²) in [5, 5.41) is 13.8. The third kappa shape index (κ3) is 2.34. The maximum atomic E-state index is 11.0. The van der Waals surface area contributed by atoms with E-state index in [2.05, 4.69) is 36.4 Å². The molecule has 0 spiro atoms. The van der Waals surface area contributed by atoms with Crippen molar-refractivity contribution in [2.24, 2.45) is 0 Å². The molecule has 0 heterocycles. The standard InChI is InChI=1S/C21H14O2/c22-21(23)15-10-8-14(9-11-15)19-7-3-6-18-12-16-4-1-2-5-17(16)13-20(18)19/h1-13H,(H,22,23). The first-order valence-corrected chi connectivity index (χ1v) is 7.48. The Hall–Kier alpha value is -3.13. The van der Waals surface area contributed by atoms with Crippen LogP contribution < -0.4 is 0 Å². The average Bonchev–Trinajstić information content (AvgIpc) is 2.59. The highest BCUT2D eigenvalue weighted by atomic mass is 16.4. The van der Waals surface area contributed by atoms with E-state index in [1.54, 1.807) is 12.1 Å². The Kier molecular flexibility index (Phi) is 3.09. The summed E-state index contributed by atoms with van der Waals surface area (Å²) in [7, 11) is 0. The number of rotatable bonds is 2. The van der Waals surface area contributed by atoms with Crippen LogP contribution in [0.2, 0.25) is 0 Å². The van der Waals surface area contributed by atoms with Crippen LogP contribution in [-0.4, -0.2) is 11.1 Å². The number of fused-ring (bicyclic) bond motifs is 2. The van der Waals surface area contributed by atoms with Gasteiger partial charge in [-0.05, 0) is 56.9 Å². The van der Waals surface area contributed by atoms with Crippen molar-refractivity contribution >= 4 is 27.5 Å². The molecule has 110 valence electrons. The molecule has 4 aromatic carbocycles. The van der Waals surface area contributed by atoms with Gasteiger partial charge in [0.25, 0.3) is 0 Å². The Bertz CT molecular complexity index is 1030. The second kappa shape index (κ2) is 5.25. The van der Waals surface area contributed by atoms with E-state index >= 15 is 0 Å². The molecule has 23 heavy (non-hydrogen) atoms. The van der Waals surface area contributed by atoms with Crippen LogP contribution in [0.15, 0.2) is 78.9 Å².